The molecule has 0 saturated carbocycles. The van der Waals surface area contributed by atoms with Gasteiger partial charge in [-0.2, -0.15) is 0 Å². The quantitative estimate of drug-likeness (QED) is 0.584. The largest absolute Gasteiger partial charge is 0.399 e. The number of urea groups is 1. The predicted octanol–water partition coefficient (Wildman–Crippen LogP) is 1.99. The minimum absolute atomic E-state index is 0.182. The van der Waals surface area contributed by atoms with Gasteiger partial charge < -0.3 is 11.1 Å². The monoisotopic (exact) mass is 281 g/mol. The topological polar surface area (TPSA) is 84.2 Å². The second kappa shape index (κ2) is 6.47. The Hall–Kier alpha value is -1.69. The van der Waals surface area contributed by atoms with E-state index in [1.54, 1.807) is 12.1 Å². The average molecular weight is 281 g/mol. The molecule has 0 aliphatic rings. The van der Waals surface area contributed by atoms with Gasteiger partial charge in [-0.05, 0) is 45.0 Å². The lowest BCUT2D eigenvalue weighted by Gasteiger charge is -2.20. The van der Waals surface area contributed by atoms with Crippen molar-refractivity contribution in [3.8, 4) is 0 Å². The Morgan fingerprint density at radius 1 is 1.21 bits per heavy atom. The van der Waals surface area contributed by atoms with Crippen LogP contribution in [-0.2, 0) is 4.79 Å². The van der Waals surface area contributed by atoms with Crippen molar-refractivity contribution in [1.29, 1.82) is 0 Å². The summed E-state index contributed by atoms with van der Waals surface area (Å²) in [6, 6.07) is 6.74. The van der Waals surface area contributed by atoms with Gasteiger partial charge in [0.2, 0.25) is 5.91 Å². The van der Waals surface area contributed by atoms with Crippen LogP contribution in [-0.4, -0.2) is 23.2 Å². The summed E-state index contributed by atoms with van der Waals surface area (Å²) in [4.78, 5) is 23.9. The summed E-state index contributed by atoms with van der Waals surface area (Å²) >= 11 is 1.35. The molecule has 6 heteroatoms. The fourth-order valence-electron chi connectivity index (χ4n) is 1.25. The van der Waals surface area contributed by atoms with Gasteiger partial charge >= 0.3 is 6.03 Å². The second-order valence-electron chi connectivity index (χ2n) is 5.11. The van der Waals surface area contributed by atoms with Crippen molar-refractivity contribution in [2.24, 2.45) is 0 Å². The molecule has 0 heterocycles. The van der Waals surface area contributed by atoms with Crippen LogP contribution in [0.2, 0.25) is 0 Å². The Morgan fingerprint density at radius 2 is 1.79 bits per heavy atom. The van der Waals surface area contributed by atoms with E-state index in [0.717, 1.165) is 4.90 Å². The molecule has 0 bridgehead atoms. The van der Waals surface area contributed by atoms with Crippen LogP contribution in [0.3, 0.4) is 0 Å². The Kier molecular flexibility index (Phi) is 5.23. The van der Waals surface area contributed by atoms with Crippen LogP contribution >= 0.6 is 11.8 Å². The Morgan fingerprint density at radius 3 is 2.32 bits per heavy atom. The molecule has 0 spiro atoms. The lowest BCUT2D eigenvalue weighted by atomic mass is 10.1. The zero-order valence-electron chi connectivity index (χ0n) is 11.3. The molecule has 3 amide bonds. The number of nitrogens with one attached hydrogen (secondary N) is 2. The number of carbonyl (C=O) groups is 2. The smallest absolute Gasteiger partial charge is 0.321 e. The maximum Gasteiger partial charge on any atom is 0.321 e. The van der Waals surface area contributed by atoms with Crippen molar-refractivity contribution in [3.63, 3.8) is 0 Å². The van der Waals surface area contributed by atoms with E-state index in [0.29, 0.717) is 5.69 Å². The molecular weight excluding hydrogens is 262 g/mol. The third-order valence-corrected chi connectivity index (χ3v) is 3.00. The number of imide groups is 1. The summed E-state index contributed by atoms with van der Waals surface area (Å²) in [5.41, 5.74) is 5.88. The van der Waals surface area contributed by atoms with E-state index >= 15 is 0 Å². The third-order valence-electron chi connectivity index (χ3n) is 1.99. The highest BCUT2D eigenvalue weighted by Crippen LogP contribution is 2.18. The van der Waals surface area contributed by atoms with E-state index in [-0.39, 0.29) is 17.2 Å². The number of rotatable bonds is 3. The van der Waals surface area contributed by atoms with Crippen molar-refractivity contribution in [1.82, 2.24) is 10.6 Å². The minimum atomic E-state index is -0.476. The Labute approximate surface area is 117 Å². The van der Waals surface area contributed by atoms with Crippen LogP contribution in [0.15, 0.2) is 29.2 Å². The van der Waals surface area contributed by atoms with Gasteiger partial charge in [0, 0.05) is 16.1 Å². The van der Waals surface area contributed by atoms with Gasteiger partial charge in [-0.15, -0.1) is 11.8 Å². The Bertz CT molecular complexity index is 452. The van der Waals surface area contributed by atoms with Gasteiger partial charge in [-0.25, -0.2) is 4.79 Å². The van der Waals surface area contributed by atoms with Crippen LogP contribution in [0.4, 0.5) is 10.5 Å². The molecule has 0 radical (unpaired) electrons. The van der Waals surface area contributed by atoms with Crippen molar-refractivity contribution < 1.29 is 9.59 Å². The summed E-state index contributed by atoms with van der Waals surface area (Å²) in [6.07, 6.45) is 0. The molecule has 0 fully saturated rings. The molecule has 5 nitrogen and oxygen atoms in total. The fourth-order valence-corrected chi connectivity index (χ4v) is 1.95. The normalized spacial score (nSPS) is 10.9. The van der Waals surface area contributed by atoms with E-state index in [2.05, 4.69) is 10.6 Å². The van der Waals surface area contributed by atoms with Crippen LogP contribution in [0.25, 0.3) is 0 Å². The number of benzene rings is 1. The standard InChI is InChI=1S/C13H19N3O2S/c1-13(2,3)16-12(18)15-11(17)8-19-10-6-4-9(14)5-7-10/h4-7H,8,14H2,1-3H3,(H2,15,16,17,18). The number of carbonyl (C=O) groups excluding carboxylic acids is 2. The van der Waals surface area contributed by atoms with Gasteiger partial charge in [0.25, 0.3) is 0 Å². The zero-order valence-corrected chi connectivity index (χ0v) is 12.1. The molecule has 1 aromatic carbocycles. The molecule has 19 heavy (non-hydrogen) atoms. The summed E-state index contributed by atoms with van der Waals surface area (Å²) in [5, 5.41) is 4.94. The highest BCUT2D eigenvalue weighted by molar-refractivity contribution is 8.00. The third kappa shape index (κ3) is 6.71. The van der Waals surface area contributed by atoms with Crippen molar-refractivity contribution >= 4 is 29.4 Å². The molecule has 0 saturated heterocycles. The van der Waals surface area contributed by atoms with Gasteiger partial charge in [-0.3, -0.25) is 10.1 Å². The van der Waals surface area contributed by atoms with Crippen LogP contribution in [0.5, 0.6) is 0 Å². The molecular formula is C13H19N3O2S. The average Bonchev–Trinajstić information content (AvgIpc) is 2.25. The van der Waals surface area contributed by atoms with Crippen LogP contribution < -0.4 is 16.4 Å². The lowest BCUT2D eigenvalue weighted by Crippen LogP contribution is -2.48. The van der Waals surface area contributed by atoms with E-state index in [1.165, 1.54) is 11.8 Å². The van der Waals surface area contributed by atoms with E-state index in [9.17, 15) is 9.59 Å². The van der Waals surface area contributed by atoms with Gasteiger partial charge in [0.15, 0.2) is 0 Å². The predicted molar refractivity (Wildman–Crippen MR) is 78.0 cm³/mol. The van der Waals surface area contributed by atoms with Crippen LogP contribution in [0, 0.1) is 0 Å². The molecule has 4 N–H and O–H groups in total. The Balaban J connectivity index is 2.36. The number of nitrogens with two attached hydrogens (primary N) is 1. The molecule has 0 atom stereocenters. The lowest BCUT2D eigenvalue weighted by molar-refractivity contribution is -0.117. The fraction of sp³-hybridized carbons (Fsp3) is 0.385. The molecule has 0 aromatic heterocycles. The maximum atomic E-state index is 11.6. The first-order valence-electron chi connectivity index (χ1n) is 5.86. The summed E-state index contributed by atoms with van der Waals surface area (Å²) < 4.78 is 0. The number of hydrogen-bond acceptors (Lipinski definition) is 4. The number of nitrogen functional groups attached to an aromatic ring is 1. The number of thioether (sulfide) groups is 1. The summed E-state index contributed by atoms with van der Waals surface area (Å²) in [6.45, 7) is 5.54. The van der Waals surface area contributed by atoms with Gasteiger partial charge in [-0.1, -0.05) is 0 Å². The van der Waals surface area contributed by atoms with E-state index in [4.69, 9.17) is 5.73 Å². The number of hydrogen-bond donors (Lipinski definition) is 3. The van der Waals surface area contributed by atoms with Crippen molar-refractivity contribution in [2.45, 2.75) is 31.2 Å². The minimum Gasteiger partial charge on any atom is -0.399 e. The highest BCUT2D eigenvalue weighted by atomic mass is 32.2. The first kappa shape index (κ1) is 15.4. The highest BCUT2D eigenvalue weighted by Gasteiger charge is 2.15. The van der Waals surface area contributed by atoms with Gasteiger partial charge in [0.1, 0.15) is 0 Å². The zero-order chi connectivity index (χ0) is 14.5. The van der Waals surface area contributed by atoms with Crippen molar-refractivity contribution in [2.75, 3.05) is 11.5 Å². The number of anilines is 1. The summed E-state index contributed by atoms with van der Waals surface area (Å²) in [5.74, 6) is -0.148. The molecule has 1 aromatic rings. The maximum absolute atomic E-state index is 11.6. The van der Waals surface area contributed by atoms with Gasteiger partial charge in [0.05, 0.1) is 5.75 Å². The SMILES string of the molecule is CC(C)(C)NC(=O)NC(=O)CSc1ccc(N)cc1. The molecule has 104 valence electrons. The molecule has 0 unspecified atom stereocenters. The van der Waals surface area contributed by atoms with Crippen molar-refractivity contribution in [3.05, 3.63) is 24.3 Å². The van der Waals surface area contributed by atoms with E-state index in [1.807, 2.05) is 32.9 Å². The van der Waals surface area contributed by atoms with Crippen LogP contribution in [0.1, 0.15) is 20.8 Å². The number of amides is 3. The first-order valence-corrected chi connectivity index (χ1v) is 6.85. The first-order chi connectivity index (χ1) is 8.76. The summed E-state index contributed by atoms with van der Waals surface area (Å²) in [7, 11) is 0. The molecule has 0 aliphatic carbocycles. The molecule has 0 aliphatic heterocycles. The molecule has 1 rings (SSSR count). The van der Waals surface area contributed by atoms with E-state index < -0.39 is 6.03 Å². The second-order valence-corrected chi connectivity index (χ2v) is 6.16.